The Bertz CT molecular complexity index is 1580. The van der Waals surface area contributed by atoms with Crippen molar-refractivity contribution in [2.24, 2.45) is 0 Å². The van der Waals surface area contributed by atoms with Gasteiger partial charge < -0.3 is 29.3 Å². The minimum atomic E-state index is -0.944. The number of carbonyl (C=O) groups excluding carboxylic acids is 4. The van der Waals surface area contributed by atoms with Crippen LogP contribution in [0.5, 0.6) is 5.75 Å². The van der Waals surface area contributed by atoms with Crippen LogP contribution in [0.4, 0.5) is 0 Å². The maximum absolute atomic E-state index is 13.2. The molecule has 1 aromatic heterocycles. The molecule has 1 aliphatic heterocycles. The lowest BCUT2D eigenvalue weighted by atomic mass is 10.1. The maximum atomic E-state index is 13.2. The molecule has 0 fully saturated rings. The lowest BCUT2D eigenvalue weighted by Gasteiger charge is -2.20. The van der Waals surface area contributed by atoms with Gasteiger partial charge in [0.05, 0.1) is 26.4 Å². The number of benzene rings is 2. The van der Waals surface area contributed by atoms with E-state index in [9.17, 15) is 24.0 Å². The van der Waals surface area contributed by atoms with Crippen LogP contribution in [-0.2, 0) is 28.7 Å². The van der Waals surface area contributed by atoms with Gasteiger partial charge in [-0.1, -0.05) is 29.8 Å². The molecular weight excluding hydrogens is 582 g/mol. The van der Waals surface area contributed by atoms with Crippen LogP contribution in [0.2, 0.25) is 0 Å². The monoisotopic (exact) mass is 619 g/mol. The fourth-order valence-corrected chi connectivity index (χ4v) is 4.59. The maximum Gasteiger partial charge on any atom is 0.336 e. The first-order valence-electron chi connectivity index (χ1n) is 14.7. The number of hydrogen-bond donors (Lipinski definition) is 2. The number of nitrogens with zero attached hydrogens (tertiary/aromatic N) is 1. The molecule has 2 N–H and O–H groups in total. The summed E-state index contributed by atoms with van der Waals surface area (Å²) < 4.78 is 22.4. The smallest absolute Gasteiger partial charge is 0.336 e. The van der Waals surface area contributed by atoms with E-state index >= 15 is 0 Å². The second-order valence-corrected chi connectivity index (χ2v) is 10.4. The van der Waals surface area contributed by atoms with Crippen LogP contribution in [0.3, 0.4) is 0 Å². The average molecular weight is 620 g/mol. The zero-order valence-electron chi connectivity index (χ0n) is 25.3. The van der Waals surface area contributed by atoms with Gasteiger partial charge in [0, 0.05) is 61.3 Å². The van der Waals surface area contributed by atoms with Gasteiger partial charge in [-0.25, -0.2) is 4.79 Å². The number of rotatable bonds is 17. The molecule has 3 aromatic rings. The van der Waals surface area contributed by atoms with E-state index in [1.165, 1.54) is 18.2 Å². The van der Waals surface area contributed by atoms with Gasteiger partial charge in [0.15, 0.2) is 0 Å². The van der Waals surface area contributed by atoms with Crippen LogP contribution in [0.25, 0.3) is 11.0 Å². The number of hydrogen-bond acceptors (Lipinski definition) is 9. The Labute approximate surface area is 260 Å². The fourth-order valence-electron chi connectivity index (χ4n) is 4.59. The summed E-state index contributed by atoms with van der Waals surface area (Å²) in [6.45, 7) is 5.71. The minimum Gasteiger partial charge on any atom is -0.476 e. The summed E-state index contributed by atoms with van der Waals surface area (Å²) in [7, 11) is 0. The lowest BCUT2D eigenvalue weighted by Crippen LogP contribution is -2.34. The fraction of sp³-hybridized carbons (Fsp3) is 0.364. The first-order chi connectivity index (χ1) is 21.7. The lowest BCUT2D eigenvalue weighted by molar-refractivity contribution is -0.137. The van der Waals surface area contributed by atoms with Crippen molar-refractivity contribution in [2.45, 2.75) is 32.8 Å². The third-order valence-electron chi connectivity index (χ3n) is 6.97. The second-order valence-electron chi connectivity index (χ2n) is 10.4. The van der Waals surface area contributed by atoms with Crippen LogP contribution in [0, 0.1) is 13.8 Å². The van der Waals surface area contributed by atoms with Crippen molar-refractivity contribution in [1.29, 1.82) is 0 Å². The molecule has 2 heterocycles. The Morgan fingerprint density at radius 1 is 0.844 bits per heavy atom. The minimum absolute atomic E-state index is 0.187. The van der Waals surface area contributed by atoms with Crippen molar-refractivity contribution in [3.63, 3.8) is 0 Å². The van der Waals surface area contributed by atoms with Crippen molar-refractivity contribution in [3.05, 3.63) is 87.8 Å². The molecule has 0 saturated carbocycles. The third kappa shape index (κ3) is 9.85. The molecule has 0 spiro atoms. The first kappa shape index (κ1) is 33.1. The van der Waals surface area contributed by atoms with Crippen molar-refractivity contribution in [1.82, 2.24) is 15.5 Å². The van der Waals surface area contributed by atoms with Gasteiger partial charge in [0.25, 0.3) is 17.7 Å². The van der Waals surface area contributed by atoms with Crippen molar-refractivity contribution in [2.75, 3.05) is 46.1 Å². The zero-order chi connectivity index (χ0) is 32.2. The van der Waals surface area contributed by atoms with E-state index in [4.69, 9.17) is 18.6 Å². The molecular formula is C33H37N3O9. The number of carbonyl (C=O) groups is 4. The highest BCUT2D eigenvalue weighted by Gasteiger charge is 2.24. The van der Waals surface area contributed by atoms with Crippen molar-refractivity contribution >= 4 is 34.6 Å². The van der Waals surface area contributed by atoms with Crippen LogP contribution >= 0.6 is 0 Å². The molecule has 0 saturated heterocycles. The Morgan fingerprint density at radius 2 is 1.51 bits per heavy atom. The summed E-state index contributed by atoms with van der Waals surface area (Å²) in [4.78, 5) is 61.0. The highest BCUT2D eigenvalue weighted by atomic mass is 16.5. The van der Waals surface area contributed by atoms with E-state index in [0.29, 0.717) is 49.7 Å². The van der Waals surface area contributed by atoms with E-state index < -0.39 is 11.7 Å². The summed E-state index contributed by atoms with van der Waals surface area (Å²) in [6.07, 6.45) is 2.07. The first-order valence-corrected chi connectivity index (χ1v) is 14.7. The highest BCUT2D eigenvalue weighted by molar-refractivity contribution is 6.12. The second kappa shape index (κ2) is 16.3. The van der Waals surface area contributed by atoms with Crippen LogP contribution in [0.1, 0.15) is 35.6 Å². The number of imide groups is 1. The van der Waals surface area contributed by atoms with Gasteiger partial charge in [-0.2, -0.15) is 0 Å². The Balaban J connectivity index is 1.13. The Kier molecular flexibility index (Phi) is 12.0. The number of aryl methyl sites for hydroxylation is 2. The number of amides is 4. The van der Waals surface area contributed by atoms with Crippen molar-refractivity contribution in [3.8, 4) is 5.75 Å². The van der Waals surface area contributed by atoms with E-state index in [2.05, 4.69) is 10.6 Å². The summed E-state index contributed by atoms with van der Waals surface area (Å²) in [6, 6.07) is 14.0. The molecule has 1 atom stereocenters. The molecule has 12 nitrogen and oxygen atoms in total. The summed E-state index contributed by atoms with van der Waals surface area (Å²) in [5.74, 6) is -0.869. The highest BCUT2D eigenvalue weighted by Crippen LogP contribution is 2.27. The molecule has 0 radical (unpaired) electrons. The molecule has 12 heteroatoms. The van der Waals surface area contributed by atoms with E-state index in [-0.39, 0.29) is 49.7 Å². The summed E-state index contributed by atoms with van der Waals surface area (Å²) in [5, 5.41) is 6.35. The van der Waals surface area contributed by atoms with Crippen LogP contribution in [-0.4, -0.2) is 74.6 Å². The summed E-state index contributed by atoms with van der Waals surface area (Å²) >= 11 is 0. The number of fused-ring (bicyclic) bond motifs is 1. The molecule has 238 valence electrons. The molecule has 2 aromatic carbocycles. The molecule has 45 heavy (non-hydrogen) atoms. The largest absolute Gasteiger partial charge is 0.476 e. The third-order valence-corrected chi connectivity index (χ3v) is 6.97. The zero-order valence-corrected chi connectivity index (χ0v) is 25.3. The quantitative estimate of drug-likeness (QED) is 0.132. The van der Waals surface area contributed by atoms with Gasteiger partial charge in [-0.15, -0.1) is 0 Å². The van der Waals surface area contributed by atoms with Crippen LogP contribution in [0.15, 0.2) is 69.9 Å². The predicted octanol–water partition coefficient (Wildman–Crippen LogP) is 2.50. The average Bonchev–Trinajstić information content (AvgIpc) is 3.33. The van der Waals surface area contributed by atoms with Gasteiger partial charge in [-0.05, 0) is 38.0 Å². The summed E-state index contributed by atoms with van der Waals surface area (Å²) in [5.41, 5.74) is 2.42. The molecule has 0 bridgehead atoms. The van der Waals surface area contributed by atoms with Gasteiger partial charge in [0.1, 0.15) is 11.3 Å². The van der Waals surface area contributed by atoms with Crippen LogP contribution < -0.4 is 21.0 Å². The van der Waals surface area contributed by atoms with Gasteiger partial charge in [0.2, 0.25) is 12.0 Å². The topological polar surface area (TPSA) is 153 Å². The Hall–Kier alpha value is -4.81. The molecule has 4 amide bonds. The molecule has 1 unspecified atom stereocenters. The van der Waals surface area contributed by atoms with Gasteiger partial charge in [-0.3, -0.25) is 24.1 Å². The van der Waals surface area contributed by atoms with Gasteiger partial charge >= 0.3 is 5.63 Å². The standard InChI is InChI=1S/C33H37N3O9/c1-22-5-7-24(8-6-22)32(44-25-9-10-26-23(2)20-31(40)45-27(26)21-25)33(41)35-14-17-43-19-18-42-16-13-34-28(37)4-3-15-36-29(38)11-12-30(36)39/h5-12,20-21,32H,3-4,13-19H2,1-2H3,(H,34,37)(H,35,41). The number of nitrogens with one attached hydrogen (secondary N) is 2. The van der Waals surface area contributed by atoms with Crippen molar-refractivity contribution < 1.29 is 37.8 Å². The molecule has 4 rings (SSSR count). The molecule has 1 aliphatic rings. The number of ether oxygens (including phenoxy) is 3. The Morgan fingerprint density at radius 3 is 2.20 bits per heavy atom. The normalized spacial score (nSPS) is 13.3. The van der Waals surface area contributed by atoms with E-state index in [1.54, 1.807) is 18.2 Å². The molecule has 0 aliphatic carbocycles. The SMILES string of the molecule is Cc1ccc(C(Oc2ccc3c(C)cc(=O)oc3c2)C(=O)NCCOCCOCCNC(=O)CCCN2C(=O)C=CC2=O)cc1. The van der Waals surface area contributed by atoms with E-state index in [0.717, 1.165) is 21.4 Å². The van der Waals surface area contributed by atoms with E-state index in [1.807, 2.05) is 38.1 Å². The predicted molar refractivity (Wildman–Crippen MR) is 165 cm³/mol.